The third-order valence-electron chi connectivity index (χ3n) is 3.21. The molecule has 0 unspecified atom stereocenters. The van der Waals surface area contributed by atoms with Crippen LogP contribution in [0.25, 0.3) is 11.1 Å². The molecule has 0 fully saturated rings. The lowest BCUT2D eigenvalue weighted by molar-refractivity contribution is -0.115. The number of aryl methyl sites for hydroxylation is 1. The summed E-state index contributed by atoms with van der Waals surface area (Å²) in [5.41, 5.74) is 3.44. The number of benzene rings is 2. The van der Waals surface area contributed by atoms with Crippen LogP contribution in [0, 0.1) is 6.92 Å². The van der Waals surface area contributed by atoms with Crippen molar-refractivity contribution in [2.75, 3.05) is 5.32 Å². The van der Waals surface area contributed by atoms with Crippen molar-refractivity contribution in [3.63, 3.8) is 0 Å². The summed E-state index contributed by atoms with van der Waals surface area (Å²) in [4.78, 5) is 16.6. The fourth-order valence-electron chi connectivity index (χ4n) is 2.07. The fourth-order valence-corrected chi connectivity index (χ4v) is 2.83. The first kappa shape index (κ1) is 14.7. The summed E-state index contributed by atoms with van der Waals surface area (Å²) < 4.78 is 5.63. The standard InChI is InChI=1S/C17H16N2O2S/c1-11-6-5-7-13(10-11)18-16(20)12(2)22-17-19-14-8-3-4-9-15(14)21-17/h3-10,12H,1-2H3,(H,18,20)/t12-/m0/s1. The summed E-state index contributed by atoms with van der Waals surface area (Å²) in [5, 5.41) is 3.12. The van der Waals surface area contributed by atoms with E-state index in [9.17, 15) is 4.79 Å². The lowest BCUT2D eigenvalue weighted by Crippen LogP contribution is -2.22. The minimum atomic E-state index is -0.298. The SMILES string of the molecule is Cc1cccc(NC(=O)[C@H](C)Sc2nc3ccccc3o2)c1. The second-order valence-electron chi connectivity index (χ2n) is 5.07. The van der Waals surface area contributed by atoms with Gasteiger partial charge in [0.2, 0.25) is 5.91 Å². The molecule has 22 heavy (non-hydrogen) atoms. The number of hydrogen-bond donors (Lipinski definition) is 1. The Bertz CT molecular complexity index is 780. The Kier molecular flexibility index (Phi) is 4.15. The molecule has 0 aliphatic heterocycles. The summed E-state index contributed by atoms with van der Waals surface area (Å²) in [6, 6.07) is 15.3. The summed E-state index contributed by atoms with van der Waals surface area (Å²) in [7, 11) is 0. The quantitative estimate of drug-likeness (QED) is 0.732. The van der Waals surface area contributed by atoms with Crippen LogP contribution in [0.1, 0.15) is 12.5 Å². The zero-order valence-electron chi connectivity index (χ0n) is 12.4. The number of para-hydroxylation sites is 2. The van der Waals surface area contributed by atoms with Crippen molar-refractivity contribution in [2.45, 2.75) is 24.3 Å². The van der Waals surface area contributed by atoms with Crippen LogP contribution in [-0.2, 0) is 4.79 Å². The molecule has 1 N–H and O–H groups in total. The minimum Gasteiger partial charge on any atom is -0.431 e. The van der Waals surface area contributed by atoms with Gasteiger partial charge in [0.15, 0.2) is 5.58 Å². The molecule has 3 rings (SSSR count). The molecule has 4 nitrogen and oxygen atoms in total. The van der Waals surface area contributed by atoms with Gasteiger partial charge in [0.1, 0.15) is 5.52 Å². The van der Waals surface area contributed by atoms with Crippen LogP contribution in [-0.4, -0.2) is 16.1 Å². The highest BCUT2D eigenvalue weighted by Crippen LogP contribution is 2.27. The van der Waals surface area contributed by atoms with E-state index in [1.165, 1.54) is 11.8 Å². The molecule has 1 aromatic heterocycles. The van der Waals surface area contributed by atoms with E-state index >= 15 is 0 Å². The van der Waals surface area contributed by atoms with Gasteiger partial charge < -0.3 is 9.73 Å². The maximum absolute atomic E-state index is 12.2. The second-order valence-corrected chi connectivity index (χ2v) is 6.36. The smallest absolute Gasteiger partial charge is 0.257 e. The highest BCUT2D eigenvalue weighted by atomic mass is 32.2. The molecule has 112 valence electrons. The van der Waals surface area contributed by atoms with Gasteiger partial charge in [-0.1, -0.05) is 36.0 Å². The van der Waals surface area contributed by atoms with Gasteiger partial charge in [0, 0.05) is 5.69 Å². The highest BCUT2D eigenvalue weighted by Gasteiger charge is 2.18. The van der Waals surface area contributed by atoms with Gasteiger partial charge in [-0.2, -0.15) is 0 Å². The van der Waals surface area contributed by atoms with Crippen molar-refractivity contribution >= 4 is 34.5 Å². The number of oxazole rings is 1. The highest BCUT2D eigenvalue weighted by molar-refractivity contribution is 8.00. The Labute approximate surface area is 132 Å². The van der Waals surface area contributed by atoms with Crippen molar-refractivity contribution in [1.82, 2.24) is 4.98 Å². The molecule has 0 spiro atoms. The molecule has 0 aliphatic rings. The fraction of sp³-hybridized carbons (Fsp3) is 0.176. The van der Waals surface area contributed by atoms with Crippen molar-refractivity contribution in [2.24, 2.45) is 0 Å². The molecule has 1 heterocycles. The number of aromatic nitrogens is 1. The van der Waals surface area contributed by atoms with Gasteiger partial charge >= 0.3 is 0 Å². The first-order valence-corrected chi connectivity index (χ1v) is 7.89. The van der Waals surface area contributed by atoms with E-state index in [0.717, 1.165) is 22.4 Å². The summed E-state index contributed by atoms with van der Waals surface area (Å²) in [6.45, 7) is 3.83. The Morgan fingerprint density at radius 1 is 1.23 bits per heavy atom. The molecule has 0 saturated heterocycles. The number of anilines is 1. The number of thioether (sulfide) groups is 1. The maximum Gasteiger partial charge on any atom is 0.257 e. The van der Waals surface area contributed by atoms with Crippen LogP contribution in [0.15, 0.2) is 58.2 Å². The third-order valence-corrected chi connectivity index (χ3v) is 4.15. The van der Waals surface area contributed by atoms with Crippen molar-refractivity contribution in [3.05, 3.63) is 54.1 Å². The van der Waals surface area contributed by atoms with Crippen molar-refractivity contribution in [1.29, 1.82) is 0 Å². The second kappa shape index (κ2) is 6.23. The molecule has 0 bridgehead atoms. The first-order valence-electron chi connectivity index (χ1n) is 7.01. The predicted octanol–water partition coefficient (Wildman–Crippen LogP) is 4.26. The molecule has 3 aromatic rings. The zero-order chi connectivity index (χ0) is 15.5. The van der Waals surface area contributed by atoms with Crippen LogP contribution in [0.2, 0.25) is 0 Å². The number of rotatable bonds is 4. The Balaban J connectivity index is 1.68. The molecule has 1 atom stereocenters. The Morgan fingerprint density at radius 3 is 2.82 bits per heavy atom. The lowest BCUT2D eigenvalue weighted by Gasteiger charge is -2.10. The zero-order valence-corrected chi connectivity index (χ0v) is 13.2. The molecule has 0 saturated carbocycles. The molecule has 0 radical (unpaired) electrons. The van der Waals surface area contributed by atoms with E-state index in [0.29, 0.717) is 5.22 Å². The Hall–Kier alpha value is -2.27. The minimum absolute atomic E-state index is 0.0714. The topological polar surface area (TPSA) is 55.1 Å². The number of nitrogens with zero attached hydrogens (tertiary/aromatic N) is 1. The van der Waals surface area contributed by atoms with Crippen molar-refractivity contribution < 1.29 is 9.21 Å². The molecule has 5 heteroatoms. The molecule has 2 aromatic carbocycles. The van der Waals surface area contributed by atoms with Gasteiger partial charge in [0.05, 0.1) is 5.25 Å². The normalized spacial score (nSPS) is 12.3. The monoisotopic (exact) mass is 312 g/mol. The van der Waals surface area contributed by atoms with Gasteiger partial charge in [-0.3, -0.25) is 4.79 Å². The van der Waals surface area contributed by atoms with E-state index in [4.69, 9.17) is 4.42 Å². The van der Waals surface area contributed by atoms with Crippen LogP contribution in [0.5, 0.6) is 0 Å². The Morgan fingerprint density at radius 2 is 2.05 bits per heavy atom. The predicted molar refractivity (Wildman–Crippen MR) is 89.1 cm³/mol. The summed E-state index contributed by atoms with van der Waals surface area (Å²) in [6.07, 6.45) is 0. The third kappa shape index (κ3) is 3.31. The van der Waals surface area contributed by atoms with E-state index < -0.39 is 0 Å². The average molecular weight is 312 g/mol. The van der Waals surface area contributed by atoms with E-state index in [2.05, 4.69) is 10.3 Å². The summed E-state index contributed by atoms with van der Waals surface area (Å²) in [5.74, 6) is -0.0714. The van der Waals surface area contributed by atoms with E-state index in [-0.39, 0.29) is 11.2 Å². The van der Waals surface area contributed by atoms with Gasteiger partial charge in [-0.05, 0) is 43.7 Å². The van der Waals surface area contributed by atoms with E-state index in [1.807, 2.05) is 62.4 Å². The lowest BCUT2D eigenvalue weighted by atomic mass is 10.2. The maximum atomic E-state index is 12.2. The van der Waals surface area contributed by atoms with Gasteiger partial charge in [0.25, 0.3) is 5.22 Å². The van der Waals surface area contributed by atoms with Crippen LogP contribution in [0.3, 0.4) is 0 Å². The molecular formula is C17H16N2O2S. The molecular weight excluding hydrogens is 296 g/mol. The number of fused-ring (bicyclic) bond motifs is 1. The summed E-state index contributed by atoms with van der Waals surface area (Å²) >= 11 is 1.31. The van der Waals surface area contributed by atoms with Crippen molar-refractivity contribution in [3.8, 4) is 0 Å². The van der Waals surface area contributed by atoms with Crippen LogP contribution >= 0.6 is 11.8 Å². The average Bonchev–Trinajstić information content (AvgIpc) is 2.89. The van der Waals surface area contributed by atoms with Crippen LogP contribution < -0.4 is 5.32 Å². The molecule has 0 aliphatic carbocycles. The largest absolute Gasteiger partial charge is 0.431 e. The number of amides is 1. The number of nitrogens with one attached hydrogen (secondary N) is 1. The number of hydrogen-bond acceptors (Lipinski definition) is 4. The first-order chi connectivity index (χ1) is 10.6. The number of carbonyl (C=O) groups excluding carboxylic acids is 1. The van der Waals surface area contributed by atoms with Gasteiger partial charge in [-0.25, -0.2) is 4.98 Å². The van der Waals surface area contributed by atoms with E-state index in [1.54, 1.807) is 0 Å². The number of carbonyl (C=O) groups is 1. The molecule has 1 amide bonds. The van der Waals surface area contributed by atoms with Crippen LogP contribution in [0.4, 0.5) is 5.69 Å². The van der Waals surface area contributed by atoms with Gasteiger partial charge in [-0.15, -0.1) is 0 Å².